The van der Waals surface area contributed by atoms with Crippen molar-refractivity contribution < 1.29 is 9.15 Å². The molecule has 122 valence electrons. The van der Waals surface area contributed by atoms with Crippen molar-refractivity contribution >= 4 is 0 Å². The maximum Gasteiger partial charge on any atom is 0.226 e. The van der Waals surface area contributed by atoms with Gasteiger partial charge in [0.2, 0.25) is 5.89 Å². The predicted octanol–water partition coefficient (Wildman–Crippen LogP) is 3.59. The van der Waals surface area contributed by atoms with Crippen LogP contribution in [0.1, 0.15) is 26.0 Å². The lowest BCUT2D eigenvalue weighted by atomic mass is 9.57. The molecule has 1 aromatic heterocycles. The van der Waals surface area contributed by atoms with E-state index in [-0.39, 0.29) is 5.41 Å². The number of ether oxygens (including phenoxy) is 1. The third-order valence-corrected chi connectivity index (χ3v) is 5.50. The second-order valence-electron chi connectivity index (χ2n) is 7.44. The highest BCUT2D eigenvalue weighted by Gasteiger charge is 2.60. The minimum absolute atomic E-state index is 0.210. The SMILES string of the molecule is CN(Cc1coc(-c2ccccc2)n1)[C@@H]1[C@@H]2CCO[C@@H]2C1(C)C. The van der Waals surface area contributed by atoms with Gasteiger partial charge in [-0.1, -0.05) is 32.0 Å². The summed E-state index contributed by atoms with van der Waals surface area (Å²) in [4.78, 5) is 7.07. The minimum atomic E-state index is 0.210. The molecule has 1 aliphatic carbocycles. The Kier molecular flexibility index (Phi) is 3.54. The molecule has 23 heavy (non-hydrogen) atoms. The summed E-state index contributed by atoms with van der Waals surface area (Å²) in [7, 11) is 2.19. The Morgan fingerprint density at radius 2 is 2.04 bits per heavy atom. The van der Waals surface area contributed by atoms with Crippen molar-refractivity contribution in [2.24, 2.45) is 11.3 Å². The summed E-state index contributed by atoms with van der Waals surface area (Å²) < 4.78 is 11.6. The Labute approximate surface area is 137 Å². The number of hydrogen-bond donors (Lipinski definition) is 0. The summed E-state index contributed by atoms with van der Waals surface area (Å²) in [6.07, 6.45) is 3.39. The number of hydrogen-bond acceptors (Lipinski definition) is 4. The van der Waals surface area contributed by atoms with Crippen LogP contribution in [0.2, 0.25) is 0 Å². The van der Waals surface area contributed by atoms with E-state index in [9.17, 15) is 0 Å². The second-order valence-corrected chi connectivity index (χ2v) is 7.44. The minimum Gasteiger partial charge on any atom is -0.444 e. The Bertz CT molecular complexity index is 680. The zero-order valence-corrected chi connectivity index (χ0v) is 14.0. The largest absolute Gasteiger partial charge is 0.444 e. The van der Waals surface area contributed by atoms with Crippen molar-refractivity contribution in [2.75, 3.05) is 13.7 Å². The highest BCUT2D eigenvalue weighted by Crippen LogP contribution is 2.54. The van der Waals surface area contributed by atoms with E-state index >= 15 is 0 Å². The van der Waals surface area contributed by atoms with Gasteiger partial charge in [-0.25, -0.2) is 4.98 Å². The zero-order valence-electron chi connectivity index (χ0n) is 14.0. The van der Waals surface area contributed by atoms with Crippen molar-refractivity contribution in [3.63, 3.8) is 0 Å². The number of aromatic nitrogens is 1. The lowest BCUT2D eigenvalue weighted by Crippen LogP contribution is -2.65. The maximum atomic E-state index is 5.90. The Balaban J connectivity index is 1.47. The fraction of sp³-hybridized carbons (Fsp3) is 0.526. The topological polar surface area (TPSA) is 38.5 Å². The standard InChI is InChI=1S/C19H24N2O2/c1-19(2)16(15-9-10-22-17(15)19)21(3)11-14-12-23-18(20-14)13-7-5-4-6-8-13/h4-8,12,15-17H,9-11H2,1-3H3/t15-,16+,17-/m0/s1. The summed E-state index contributed by atoms with van der Waals surface area (Å²) >= 11 is 0. The third-order valence-electron chi connectivity index (χ3n) is 5.50. The van der Waals surface area contributed by atoms with Crippen molar-refractivity contribution in [3.8, 4) is 11.5 Å². The summed E-state index contributed by atoms with van der Waals surface area (Å²) in [6, 6.07) is 10.6. The molecular formula is C19H24N2O2. The summed E-state index contributed by atoms with van der Waals surface area (Å²) in [5, 5.41) is 0. The van der Waals surface area contributed by atoms with Gasteiger partial charge in [0.15, 0.2) is 0 Å². The average Bonchev–Trinajstić information content (AvgIpc) is 3.16. The number of nitrogens with zero attached hydrogens (tertiary/aromatic N) is 2. The van der Waals surface area contributed by atoms with Crippen LogP contribution >= 0.6 is 0 Å². The van der Waals surface area contributed by atoms with E-state index in [1.54, 1.807) is 6.26 Å². The third kappa shape index (κ3) is 2.41. The van der Waals surface area contributed by atoms with Gasteiger partial charge in [0.05, 0.1) is 11.8 Å². The van der Waals surface area contributed by atoms with Crippen LogP contribution in [0.4, 0.5) is 0 Å². The average molecular weight is 312 g/mol. The summed E-state index contributed by atoms with van der Waals surface area (Å²) in [6.45, 7) is 6.36. The van der Waals surface area contributed by atoms with Gasteiger partial charge < -0.3 is 9.15 Å². The van der Waals surface area contributed by atoms with Crippen LogP contribution in [-0.4, -0.2) is 35.7 Å². The van der Waals surface area contributed by atoms with E-state index in [0.29, 0.717) is 24.0 Å². The van der Waals surface area contributed by atoms with Gasteiger partial charge in [-0.3, -0.25) is 4.90 Å². The van der Waals surface area contributed by atoms with Gasteiger partial charge >= 0.3 is 0 Å². The van der Waals surface area contributed by atoms with Gasteiger partial charge in [-0.2, -0.15) is 0 Å². The molecule has 0 bridgehead atoms. The number of rotatable bonds is 4. The van der Waals surface area contributed by atoms with Crippen LogP contribution in [0.25, 0.3) is 11.5 Å². The molecule has 2 fully saturated rings. The molecule has 1 saturated heterocycles. The number of oxazole rings is 1. The predicted molar refractivity (Wildman–Crippen MR) is 88.8 cm³/mol. The smallest absolute Gasteiger partial charge is 0.226 e. The van der Waals surface area contributed by atoms with Crippen LogP contribution in [0, 0.1) is 11.3 Å². The number of fused-ring (bicyclic) bond motifs is 1. The van der Waals surface area contributed by atoms with E-state index < -0.39 is 0 Å². The maximum absolute atomic E-state index is 5.90. The lowest BCUT2D eigenvalue weighted by Gasteiger charge is -2.57. The van der Waals surface area contributed by atoms with Crippen molar-refractivity contribution in [3.05, 3.63) is 42.3 Å². The molecule has 2 aliphatic rings. The van der Waals surface area contributed by atoms with Gasteiger partial charge in [0.25, 0.3) is 0 Å². The molecule has 2 aromatic rings. The second kappa shape index (κ2) is 5.46. The lowest BCUT2D eigenvalue weighted by molar-refractivity contribution is -0.151. The van der Waals surface area contributed by atoms with Crippen molar-refractivity contribution in [1.82, 2.24) is 9.88 Å². The first kappa shape index (κ1) is 14.9. The Morgan fingerprint density at radius 3 is 2.83 bits per heavy atom. The first-order valence-corrected chi connectivity index (χ1v) is 8.39. The Hall–Kier alpha value is -1.65. The highest BCUT2D eigenvalue weighted by atomic mass is 16.5. The molecule has 0 radical (unpaired) electrons. The molecule has 0 unspecified atom stereocenters. The molecule has 0 N–H and O–H groups in total. The van der Waals surface area contributed by atoms with E-state index in [0.717, 1.165) is 24.4 Å². The van der Waals surface area contributed by atoms with Crippen LogP contribution < -0.4 is 0 Å². The molecule has 4 nitrogen and oxygen atoms in total. The summed E-state index contributed by atoms with van der Waals surface area (Å²) in [5.41, 5.74) is 2.22. The van der Waals surface area contributed by atoms with Crippen LogP contribution in [0.3, 0.4) is 0 Å². The molecule has 3 atom stereocenters. The Morgan fingerprint density at radius 1 is 1.26 bits per heavy atom. The van der Waals surface area contributed by atoms with Crippen LogP contribution in [-0.2, 0) is 11.3 Å². The highest BCUT2D eigenvalue weighted by molar-refractivity contribution is 5.52. The quantitative estimate of drug-likeness (QED) is 0.865. The van der Waals surface area contributed by atoms with Gasteiger partial charge in [-0.05, 0) is 25.6 Å². The molecule has 4 heteroatoms. The molecule has 4 rings (SSSR count). The van der Waals surface area contributed by atoms with Crippen molar-refractivity contribution in [1.29, 1.82) is 0 Å². The number of benzene rings is 1. The zero-order chi connectivity index (χ0) is 16.0. The fourth-order valence-electron chi connectivity index (χ4n) is 4.64. The molecular weight excluding hydrogens is 288 g/mol. The van der Waals surface area contributed by atoms with Crippen molar-refractivity contribution in [2.45, 2.75) is 39.0 Å². The van der Waals surface area contributed by atoms with Gasteiger partial charge in [-0.15, -0.1) is 0 Å². The molecule has 1 aliphatic heterocycles. The van der Waals surface area contributed by atoms with Crippen LogP contribution in [0.15, 0.2) is 41.0 Å². The van der Waals surface area contributed by atoms with E-state index in [1.165, 1.54) is 6.42 Å². The molecule has 1 saturated carbocycles. The van der Waals surface area contributed by atoms with Gasteiger partial charge in [0.1, 0.15) is 6.26 Å². The van der Waals surface area contributed by atoms with E-state index in [1.807, 2.05) is 30.3 Å². The molecule has 1 aromatic carbocycles. The first-order valence-electron chi connectivity index (χ1n) is 8.39. The molecule has 0 spiro atoms. The molecule has 0 amide bonds. The summed E-state index contributed by atoms with van der Waals surface area (Å²) in [5.74, 6) is 1.36. The van der Waals surface area contributed by atoms with Gasteiger partial charge in [0, 0.05) is 36.1 Å². The molecule has 2 heterocycles. The normalized spacial score (nSPS) is 28.6. The van der Waals surface area contributed by atoms with E-state index in [4.69, 9.17) is 9.15 Å². The first-order chi connectivity index (χ1) is 11.1. The monoisotopic (exact) mass is 312 g/mol. The van der Waals surface area contributed by atoms with E-state index in [2.05, 4.69) is 30.8 Å². The fourth-order valence-corrected chi connectivity index (χ4v) is 4.64. The van der Waals surface area contributed by atoms with Crippen LogP contribution in [0.5, 0.6) is 0 Å².